The number of rotatable bonds is 5. The number of nitrogen functional groups attached to an aromatic ring is 1. The third-order valence-corrected chi connectivity index (χ3v) is 6.87. The minimum atomic E-state index is -0.225. The molecule has 0 aliphatic heterocycles. The number of nitrogens with zero attached hydrogens (tertiary/aromatic N) is 1. The molecule has 5 rings (SSSR count). The molecule has 2 N–H and O–H groups in total. The monoisotopic (exact) mass is 466 g/mol. The molecular weight excluding hydrogens is 444 g/mol. The Labute approximate surface area is 201 Å². The predicted molar refractivity (Wildman–Crippen MR) is 140 cm³/mol. The third kappa shape index (κ3) is 3.89. The van der Waals surface area contributed by atoms with Crippen molar-refractivity contribution in [3.8, 4) is 44.3 Å². The van der Waals surface area contributed by atoms with E-state index in [0.717, 1.165) is 39.4 Å². The van der Waals surface area contributed by atoms with Crippen LogP contribution in [0, 0.1) is 0 Å². The first-order chi connectivity index (χ1) is 16.6. The number of nitrogens with two attached hydrogens (primary N) is 1. The van der Waals surface area contributed by atoms with E-state index in [1.807, 2.05) is 84.9 Å². The highest BCUT2D eigenvalue weighted by Gasteiger charge is 2.18. The smallest absolute Gasteiger partial charge is 0.213 e. The van der Waals surface area contributed by atoms with Crippen molar-refractivity contribution in [2.45, 2.75) is 0 Å². The lowest BCUT2D eigenvalue weighted by molar-refractivity contribution is 0.415. The van der Waals surface area contributed by atoms with Gasteiger partial charge in [0.1, 0.15) is 16.3 Å². The molecule has 0 saturated heterocycles. The zero-order chi connectivity index (χ0) is 23.7. The number of methoxy groups -OCH3 is 2. The fourth-order valence-electron chi connectivity index (χ4n) is 3.92. The lowest BCUT2D eigenvalue weighted by atomic mass is 9.99. The number of hydrogen-bond acceptors (Lipinski definition) is 6. The standard InChI is InChI=1S/C28H22N2O3S/c1-32-20-12-8-17(9-13-20)22-16-23(18-6-4-3-5-7-18)30-28-24(22)26(31)25(29)27(34-28)19-10-14-21(33-2)15-11-19/h3-16H,29H2,1-2H3. The van der Waals surface area contributed by atoms with Gasteiger partial charge < -0.3 is 15.2 Å². The van der Waals surface area contributed by atoms with Crippen molar-refractivity contribution in [3.63, 3.8) is 0 Å². The molecule has 6 heteroatoms. The van der Waals surface area contributed by atoms with Crippen LogP contribution >= 0.6 is 11.3 Å². The first kappa shape index (κ1) is 21.7. The number of ether oxygens (including phenoxy) is 2. The average molecular weight is 467 g/mol. The molecule has 0 radical (unpaired) electrons. The van der Waals surface area contributed by atoms with Crippen LogP contribution in [0.2, 0.25) is 0 Å². The summed E-state index contributed by atoms with van der Waals surface area (Å²) in [4.78, 5) is 19.8. The van der Waals surface area contributed by atoms with E-state index in [1.54, 1.807) is 14.2 Å². The Morgan fingerprint density at radius 2 is 1.35 bits per heavy atom. The second-order valence-electron chi connectivity index (χ2n) is 7.73. The SMILES string of the molecule is COc1ccc(-c2sc3nc(-c4ccccc4)cc(-c4ccc(OC)cc4)c3c(=O)c2N)cc1. The molecule has 0 spiro atoms. The molecular formula is C28H22N2O3S. The van der Waals surface area contributed by atoms with Crippen LogP contribution in [0.4, 0.5) is 5.69 Å². The largest absolute Gasteiger partial charge is 0.497 e. The summed E-state index contributed by atoms with van der Waals surface area (Å²) in [6.45, 7) is 0. The maximum Gasteiger partial charge on any atom is 0.213 e. The van der Waals surface area contributed by atoms with Crippen molar-refractivity contribution in [1.29, 1.82) is 0 Å². The molecule has 2 heterocycles. The molecule has 0 unspecified atom stereocenters. The summed E-state index contributed by atoms with van der Waals surface area (Å²) >= 11 is 1.42. The summed E-state index contributed by atoms with van der Waals surface area (Å²) in [5.41, 5.74) is 10.7. The summed E-state index contributed by atoms with van der Waals surface area (Å²) in [6, 6.07) is 27.1. The van der Waals surface area contributed by atoms with Crippen molar-refractivity contribution < 1.29 is 9.47 Å². The second kappa shape index (κ2) is 9.00. The Kier molecular flexibility index (Phi) is 5.74. The van der Waals surface area contributed by atoms with Crippen LogP contribution in [-0.4, -0.2) is 19.2 Å². The maximum atomic E-state index is 13.6. The second-order valence-corrected chi connectivity index (χ2v) is 8.73. The van der Waals surface area contributed by atoms with Gasteiger partial charge in [0.05, 0.1) is 35.9 Å². The minimum Gasteiger partial charge on any atom is -0.497 e. The van der Waals surface area contributed by atoms with Crippen LogP contribution in [0.1, 0.15) is 0 Å². The number of benzene rings is 3. The van der Waals surface area contributed by atoms with Gasteiger partial charge in [-0.1, -0.05) is 42.5 Å². The van der Waals surface area contributed by atoms with E-state index < -0.39 is 0 Å². The minimum absolute atomic E-state index is 0.215. The molecule has 3 aromatic carbocycles. The maximum absolute atomic E-state index is 13.6. The van der Waals surface area contributed by atoms with Gasteiger partial charge >= 0.3 is 0 Å². The van der Waals surface area contributed by atoms with Crippen LogP contribution in [0.3, 0.4) is 0 Å². The molecule has 5 aromatic rings. The van der Waals surface area contributed by atoms with Gasteiger partial charge in [0.25, 0.3) is 0 Å². The molecule has 0 amide bonds. The molecule has 0 bridgehead atoms. The van der Waals surface area contributed by atoms with E-state index in [9.17, 15) is 4.79 Å². The highest BCUT2D eigenvalue weighted by Crippen LogP contribution is 2.38. The zero-order valence-corrected chi connectivity index (χ0v) is 19.6. The van der Waals surface area contributed by atoms with Gasteiger partial charge in [0, 0.05) is 5.56 Å². The fourth-order valence-corrected chi connectivity index (χ4v) is 5.01. The molecule has 2 aromatic heterocycles. The molecule has 168 valence electrons. The Hall–Kier alpha value is -4.16. The lowest BCUT2D eigenvalue weighted by Gasteiger charge is -2.13. The zero-order valence-electron chi connectivity index (χ0n) is 18.7. The van der Waals surface area contributed by atoms with Crippen LogP contribution in [0.15, 0.2) is 89.7 Å². The summed E-state index contributed by atoms with van der Waals surface area (Å²) in [7, 11) is 3.25. The number of pyridine rings is 1. The van der Waals surface area contributed by atoms with E-state index in [-0.39, 0.29) is 11.1 Å². The van der Waals surface area contributed by atoms with Gasteiger partial charge in [0.2, 0.25) is 5.43 Å². The van der Waals surface area contributed by atoms with Gasteiger partial charge in [0.15, 0.2) is 0 Å². The van der Waals surface area contributed by atoms with E-state index in [2.05, 4.69) is 0 Å². The van der Waals surface area contributed by atoms with Gasteiger partial charge in [-0.25, -0.2) is 4.98 Å². The molecule has 34 heavy (non-hydrogen) atoms. The first-order valence-electron chi connectivity index (χ1n) is 10.7. The van der Waals surface area contributed by atoms with E-state index in [4.69, 9.17) is 20.2 Å². The van der Waals surface area contributed by atoms with E-state index in [0.29, 0.717) is 15.1 Å². The molecule has 0 fully saturated rings. The lowest BCUT2D eigenvalue weighted by Crippen LogP contribution is -2.11. The van der Waals surface area contributed by atoms with Gasteiger partial charge in [-0.2, -0.15) is 0 Å². The fraction of sp³-hybridized carbons (Fsp3) is 0.0714. The quantitative estimate of drug-likeness (QED) is 0.331. The molecule has 0 aliphatic rings. The summed E-state index contributed by atoms with van der Waals surface area (Å²) in [5, 5.41) is 0.518. The number of fused-ring (bicyclic) bond motifs is 1. The summed E-state index contributed by atoms with van der Waals surface area (Å²) in [6.07, 6.45) is 0. The average Bonchev–Trinajstić information content (AvgIpc) is 2.90. The Balaban J connectivity index is 1.80. The Morgan fingerprint density at radius 1 is 0.765 bits per heavy atom. The van der Waals surface area contributed by atoms with Crippen LogP contribution < -0.4 is 20.6 Å². The normalized spacial score (nSPS) is 10.9. The topological polar surface area (TPSA) is 74.4 Å². The molecule has 5 nitrogen and oxygen atoms in total. The number of hydrogen-bond donors (Lipinski definition) is 1. The van der Waals surface area contributed by atoms with Gasteiger partial charge in [-0.3, -0.25) is 4.79 Å². The van der Waals surface area contributed by atoms with Gasteiger partial charge in [-0.15, -0.1) is 11.3 Å². The highest BCUT2D eigenvalue weighted by molar-refractivity contribution is 7.21. The number of anilines is 1. The predicted octanol–water partition coefficient (Wildman–Crippen LogP) is 6.26. The molecule has 0 saturated carbocycles. The molecule has 0 aliphatic carbocycles. The van der Waals surface area contributed by atoms with Crippen molar-refractivity contribution in [2.24, 2.45) is 0 Å². The van der Waals surface area contributed by atoms with Crippen molar-refractivity contribution in [1.82, 2.24) is 4.98 Å². The summed E-state index contributed by atoms with van der Waals surface area (Å²) < 4.78 is 10.6. The van der Waals surface area contributed by atoms with E-state index >= 15 is 0 Å². The Bertz CT molecular complexity index is 1530. The summed E-state index contributed by atoms with van der Waals surface area (Å²) in [5.74, 6) is 1.48. The van der Waals surface area contributed by atoms with E-state index in [1.165, 1.54) is 11.3 Å². The van der Waals surface area contributed by atoms with Crippen LogP contribution in [0.25, 0.3) is 43.0 Å². The highest BCUT2D eigenvalue weighted by atomic mass is 32.1. The van der Waals surface area contributed by atoms with Crippen molar-refractivity contribution in [2.75, 3.05) is 20.0 Å². The van der Waals surface area contributed by atoms with Crippen molar-refractivity contribution in [3.05, 3.63) is 95.2 Å². The third-order valence-electron chi connectivity index (χ3n) is 5.72. The van der Waals surface area contributed by atoms with Crippen molar-refractivity contribution >= 4 is 27.2 Å². The van der Waals surface area contributed by atoms with Gasteiger partial charge in [-0.05, 0) is 59.2 Å². The first-order valence-corrected chi connectivity index (χ1v) is 11.5. The Morgan fingerprint density at radius 3 is 1.94 bits per heavy atom. The molecule has 0 atom stereocenters. The van der Waals surface area contributed by atoms with Crippen LogP contribution in [-0.2, 0) is 0 Å². The van der Waals surface area contributed by atoms with Crippen LogP contribution in [0.5, 0.6) is 11.5 Å². The number of aromatic nitrogens is 1.